The van der Waals surface area contributed by atoms with Gasteiger partial charge in [-0.1, -0.05) is 17.7 Å². The second kappa shape index (κ2) is 6.55. The number of nitrogens with one attached hydrogen (secondary N) is 1. The van der Waals surface area contributed by atoms with E-state index in [-0.39, 0.29) is 30.5 Å². The average molecular weight is 352 g/mol. The molecule has 0 bridgehead atoms. The molecular weight excluding hydrogens is 338 g/mol. The van der Waals surface area contributed by atoms with Crippen LogP contribution in [-0.2, 0) is 17.9 Å². The van der Waals surface area contributed by atoms with Crippen LogP contribution in [-0.4, -0.2) is 33.3 Å². The van der Waals surface area contributed by atoms with Gasteiger partial charge in [-0.2, -0.15) is 0 Å². The van der Waals surface area contributed by atoms with E-state index in [9.17, 15) is 14.4 Å². The number of hydrogen-bond donors (Lipinski definition) is 1. The molecule has 3 heterocycles. The first-order chi connectivity index (χ1) is 11.0. The third-order valence-corrected chi connectivity index (χ3v) is 4.86. The molecule has 0 spiro atoms. The zero-order valence-corrected chi connectivity index (χ0v) is 13.7. The second-order valence-electron chi connectivity index (χ2n) is 5.19. The van der Waals surface area contributed by atoms with Crippen LogP contribution in [0.4, 0.5) is 4.79 Å². The number of nitrogens with zero attached hydrogens (tertiary/aromatic N) is 2. The van der Waals surface area contributed by atoms with Crippen LogP contribution in [0.15, 0.2) is 34.6 Å². The highest BCUT2D eigenvalue weighted by Crippen LogP contribution is 2.23. The molecule has 1 aliphatic rings. The van der Waals surface area contributed by atoms with Crippen LogP contribution in [0.3, 0.4) is 0 Å². The Kier molecular flexibility index (Phi) is 4.49. The van der Waals surface area contributed by atoms with Gasteiger partial charge in [0.1, 0.15) is 0 Å². The Morgan fingerprint density at radius 3 is 2.78 bits per heavy atom. The third kappa shape index (κ3) is 3.46. The van der Waals surface area contributed by atoms with Crippen LogP contribution in [0, 0.1) is 0 Å². The van der Waals surface area contributed by atoms with Crippen LogP contribution in [0.25, 0.3) is 0 Å². The summed E-state index contributed by atoms with van der Waals surface area (Å²) in [6.07, 6.45) is 1.76. The van der Waals surface area contributed by atoms with Crippen molar-refractivity contribution in [2.45, 2.75) is 19.5 Å². The first-order valence-corrected chi connectivity index (χ1v) is 8.29. The first-order valence-electron chi connectivity index (χ1n) is 7.03. The summed E-state index contributed by atoms with van der Waals surface area (Å²) in [6.45, 7) is 0.759. The van der Waals surface area contributed by atoms with Gasteiger partial charge in [-0.3, -0.25) is 14.5 Å². The topological polar surface area (TPSA) is 73.5 Å². The molecule has 0 aromatic carbocycles. The smallest absolute Gasteiger partial charge is 0.327 e. The number of urea groups is 1. The summed E-state index contributed by atoms with van der Waals surface area (Å²) in [4.78, 5) is 42.6. The minimum absolute atomic E-state index is 0.0183. The summed E-state index contributed by atoms with van der Waals surface area (Å²) in [5, 5.41) is 2.44. The Hall–Kier alpha value is -2.12. The van der Waals surface area contributed by atoms with Crippen LogP contribution < -0.4 is 5.56 Å². The van der Waals surface area contributed by atoms with Crippen molar-refractivity contribution in [3.63, 3.8) is 0 Å². The molecule has 0 radical (unpaired) electrons. The Morgan fingerprint density at radius 1 is 1.26 bits per heavy atom. The average Bonchev–Trinajstić information content (AvgIpc) is 2.93. The van der Waals surface area contributed by atoms with E-state index in [2.05, 4.69) is 4.98 Å². The van der Waals surface area contributed by atoms with Crippen LogP contribution in [0.5, 0.6) is 0 Å². The van der Waals surface area contributed by atoms with Crippen molar-refractivity contribution in [1.82, 2.24) is 14.8 Å². The number of H-pyrrole nitrogens is 1. The molecule has 0 saturated carbocycles. The van der Waals surface area contributed by atoms with Crippen LogP contribution in [0.2, 0.25) is 5.02 Å². The lowest BCUT2D eigenvalue weighted by atomic mass is 10.2. The fourth-order valence-electron chi connectivity index (χ4n) is 2.42. The number of pyridine rings is 1. The van der Waals surface area contributed by atoms with Gasteiger partial charge in [0, 0.05) is 35.0 Å². The van der Waals surface area contributed by atoms with Crippen molar-refractivity contribution in [3.05, 3.63) is 55.6 Å². The van der Waals surface area contributed by atoms with Crippen molar-refractivity contribution in [2.24, 2.45) is 0 Å². The molecule has 3 amide bonds. The van der Waals surface area contributed by atoms with Gasteiger partial charge in [-0.05, 0) is 12.1 Å². The van der Waals surface area contributed by atoms with E-state index in [1.165, 1.54) is 17.5 Å². The minimum Gasteiger partial charge on any atom is -0.329 e. The first kappa shape index (κ1) is 15.8. The molecule has 1 saturated heterocycles. The van der Waals surface area contributed by atoms with Crippen LogP contribution in [0.1, 0.15) is 16.9 Å². The molecule has 1 N–H and O–H groups in total. The minimum atomic E-state index is -0.381. The number of amides is 3. The molecule has 0 atom stereocenters. The number of imide groups is 1. The van der Waals surface area contributed by atoms with Crippen molar-refractivity contribution in [2.75, 3.05) is 6.54 Å². The lowest BCUT2D eigenvalue weighted by Gasteiger charge is -2.33. The van der Waals surface area contributed by atoms with Crippen LogP contribution >= 0.6 is 22.9 Å². The predicted octanol–water partition coefficient (Wildman–Crippen LogP) is 2.44. The molecule has 23 heavy (non-hydrogen) atoms. The van der Waals surface area contributed by atoms with Gasteiger partial charge in [0.2, 0.25) is 5.91 Å². The fourth-order valence-corrected chi connectivity index (χ4v) is 3.50. The van der Waals surface area contributed by atoms with Crippen molar-refractivity contribution in [1.29, 1.82) is 0 Å². The molecular formula is C15H14ClN3O3S. The number of aromatic amines is 1. The van der Waals surface area contributed by atoms with Gasteiger partial charge < -0.3 is 9.88 Å². The van der Waals surface area contributed by atoms with E-state index >= 15 is 0 Å². The molecule has 120 valence electrons. The van der Waals surface area contributed by atoms with Gasteiger partial charge >= 0.3 is 6.03 Å². The monoisotopic (exact) mass is 351 g/mol. The maximum Gasteiger partial charge on any atom is 0.327 e. The van der Waals surface area contributed by atoms with E-state index in [1.54, 1.807) is 22.4 Å². The van der Waals surface area contributed by atoms with Crippen molar-refractivity contribution < 1.29 is 9.59 Å². The van der Waals surface area contributed by atoms with Gasteiger partial charge in [-0.15, -0.1) is 11.3 Å². The number of thiophene rings is 1. The lowest BCUT2D eigenvalue weighted by molar-refractivity contribution is -0.131. The van der Waals surface area contributed by atoms with E-state index in [0.717, 1.165) is 9.78 Å². The maximum absolute atomic E-state index is 12.6. The number of carbonyl (C=O) groups excluding carboxylic acids is 2. The Morgan fingerprint density at radius 2 is 2.09 bits per heavy atom. The summed E-state index contributed by atoms with van der Waals surface area (Å²) in [6, 6.07) is 4.70. The summed E-state index contributed by atoms with van der Waals surface area (Å²) in [5.74, 6) is -0.265. The van der Waals surface area contributed by atoms with E-state index < -0.39 is 0 Å². The summed E-state index contributed by atoms with van der Waals surface area (Å²) in [5.41, 5.74) is 0.0884. The van der Waals surface area contributed by atoms with Gasteiger partial charge in [0.05, 0.1) is 18.1 Å². The Bertz CT molecular complexity index is 801. The molecule has 2 aromatic rings. The summed E-state index contributed by atoms with van der Waals surface area (Å²) >= 11 is 7.36. The summed E-state index contributed by atoms with van der Waals surface area (Å²) in [7, 11) is 0. The zero-order chi connectivity index (χ0) is 16.4. The third-order valence-electron chi connectivity index (χ3n) is 3.59. The molecule has 8 heteroatoms. The molecule has 0 unspecified atom stereocenters. The highest BCUT2D eigenvalue weighted by atomic mass is 35.5. The standard InChI is InChI=1S/C15H14ClN3O3S/c16-11-6-12(23-9-11)8-18-5-3-13(20)19(15(18)22)7-10-2-1-4-17-14(10)21/h1-2,4,6,9H,3,5,7-8H2,(H,17,21). The van der Waals surface area contributed by atoms with E-state index in [1.807, 2.05) is 6.07 Å². The molecule has 3 rings (SSSR count). The van der Waals surface area contributed by atoms with Crippen molar-refractivity contribution >= 4 is 34.9 Å². The normalized spacial score (nSPS) is 15.3. The zero-order valence-electron chi connectivity index (χ0n) is 12.1. The van der Waals surface area contributed by atoms with Gasteiger partial charge in [0.25, 0.3) is 5.56 Å². The quantitative estimate of drug-likeness (QED) is 0.919. The number of halogens is 1. The second-order valence-corrected chi connectivity index (χ2v) is 6.62. The molecule has 1 fully saturated rings. The van der Waals surface area contributed by atoms with Gasteiger partial charge in [0.15, 0.2) is 0 Å². The summed E-state index contributed by atoms with van der Waals surface area (Å²) < 4.78 is 0. The Balaban J connectivity index is 1.76. The highest BCUT2D eigenvalue weighted by molar-refractivity contribution is 7.10. The molecule has 2 aromatic heterocycles. The number of hydrogen-bond acceptors (Lipinski definition) is 4. The number of rotatable bonds is 4. The molecule has 0 aliphatic carbocycles. The Labute approximate surface area is 141 Å². The highest BCUT2D eigenvalue weighted by Gasteiger charge is 2.32. The van der Waals surface area contributed by atoms with E-state index in [0.29, 0.717) is 23.7 Å². The SMILES string of the molecule is O=C1CCN(Cc2cc(Cl)cs2)C(=O)N1Cc1ccc[nH]c1=O. The predicted molar refractivity (Wildman–Crippen MR) is 87.4 cm³/mol. The fraction of sp³-hybridized carbons (Fsp3) is 0.267. The van der Waals surface area contributed by atoms with Crippen molar-refractivity contribution in [3.8, 4) is 0 Å². The largest absolute Gasteiger partial charge is 0.329 e. The number of carbonyl (C=O) groups is 2. The van der Waals surface area contributed by atoms with E-state index in [4.69, 9.17) is 11.6 Å². The molecule has 1 aliphatic heterocycles. The number of aromatic nitrogens is 1. The molecule has 6 nitrogen and oxygen atoms in total. The lowest BCUT2D eigenvalue weighted by Crippen LogP contribution is -2.51. The van der Waals surface area contributed by atoms with Gasteiger partial charge in [-0.25, -0.2) is 4.79 Å². The maximum atomic E-state index is 12.6.